The van der Waals surface area contributed by atoms with Crippen molar-refractivity contribution in [2.45, 2.75) is 0 Å². The second-order valence-corrected chi connectivity index (χ2v) is 3.80. The van der Waals surface area contributed by atoms with Gasteiger partial charge in [0.2, 0.25) is 0 Å². The van der Waals surface area contributed by atoms with E-state index in [0.717, 1.165) is 0 Å². The first-order valence-corrected chi connectivity index (χ1v) is 5.22. The van der Waals surface area contributed by atoms with Crippen LogP contribution in [-0.4, -0.2) is 26.3 Å². The van der Waals surface area contributed by atoms with E-state index >= 15 is 0 Å². The van der Waals surface area contributed by atoms with Gasteiger partial charge in [0.25, 0.3) is 0 Å². The lowest BCUT2D eigenvalue weighted by Gasteiger charge is -2.06. The first-order chi connectivity index (χ1) is 7.56. The molecular weight excluding hydrogens is 253 g/mol. The van der Waals surface area contributed by atoms with E-state index in [1.807, 2.05) is 0 Å². The van der Waals surface area contributed by atoms with E-state index in [1.165, 1.54) is 19.2 Å². The largest absolute Gasteiger partial charge is 0.460 e. The van der Waals surface area contributed by atoms with Gasteiger partial charge in [-0.05, 0) is 12.1 Å². The summed E-state index contributed by atoms with van der Waals surface area (Å²) in [6.07, 6.45) is 0. The highest BCUT2D eigenvalue weighted by Crippen LogP contribution is 2.28. The second kappa shape index (κ2) is 5.94. The summed E-state index contributed by atoms with van der Waals surface area (Å²) < 4.78 is 9.64. The van der Waals surface area contributed by atoms with E-state index in [9.17, 15) is 4.79 Å². The Kier molecular flexibility index (Phi) is 4.86. The molecule has 0 aromatic heterocycles. The van der Waals surface area contributed by atoms with E-state index in [0.29, 0.717) is 6.61 Å². The molecule has 0 bridgehead atoms. The van der Waals surface area contributed by atoms with Gasteiger partial charge in [-0.3, -0.25) is 0 Å². The summed E-state index contributed by atoms with van der Waals surface area (Å²) in [6.45, 7) is 0.511. The molecule has 0 radical (unpaired) electrons. The number of ether oxygens (including phenoxy) is 2. The standard InChI is InChI=1S/C10H11Cl2NO3/c1-15-2-3-16-10(14)6-4-7(11)9(13)8(12)5-6/h4-5H,2-3,13H2,1H3. The van der Waals surface area contributed by atoms with Gasteiger partial charge in [-0.25, -0.2) is 4.79 Å². The van der Waals surface area contributed by atoms with Crippen molar-refractivity contribution < 1.29 is 14.3 Å². The molecule has 1 aromatic rings. The normalized spacial score (nSPS) is 10.2. The average molecular weight is 264 g/mol. The van der Waals surface area contributed by atoms with Gasteiger partial charge in [0, 0.05) is 7.11 Å². The first-order valence-electron chi connectivity index (χ1n) is 4.47. The van der Waals surface area contributed by atoms with Crippen molar-refractivity contribution in [2.24, 2.45) is 0 Å². The average Bonchev–Trinajstić information content (AvgIpc) is 2.25. The van der Waals surface area contributed by atoms with Crippen LogP contribution in [0.1, 0.15) is 10.4 Å². The molecular formula is C10H11Cl2NO3. The maximum absolute atomic E-state index is 11.5. The molecule has 1 aromatic carbocycles. The van der Waals surface area contributed by atoms with Gasteiger partial charge < -0.3 is 15.2 Å². The molecule has 88 valence electrons. The summed E-state index contributed by atoms with van der Waals surface area (Å²) in [7, 11) is 1.52. The van der Waals surface area contributed by atoms with E-state index in [-0.39, 0.29) is 27.9 Å². The smallest absolute Gasteiger partial charge is 0.338 e. The fourth-order valence-electron chi connectivity index (χ4n) is 1.00. The quantitative estimate of drug-likeness (QED) is 0.515. The van der Waals surface area contributed by atoms with E-state index in [1.54, 1.807) is 0 Å². The predicted octanol–water partition coefficient (Wildman–Crippen LogP) is 2.38. The molecule has 0 aliphatic carbocycles. The molecule has 2 N–H and O–H groups in total. The van der Waals surface area contributed by atoms with E-state index in [4.69, 9.17) is 38.4 Å². The highest BCUT2D eigenvalue weighted by atomic mass is 35.5. The maximum Gasteiger partial charge on any atom is 0.338 e. The van der Waals surface area contributed by atoms with E-state index in [2.05, 4.69) is 0 Å². The molecule has 0 saturated carbocycles. The number of carbonyl (C=O) groups is 1. The Labute approximate surface area is 103 Å². The number of anilines is 1. The molecule has 0 fully saturated rings. The minimum absolute atomic E-state index is 0.176. The highest BCUT2D eigenvalue weighted by molar-refractivity contribution is 6.39. The monoisotopic (exact) mass is 263 g/mol. The number of halogens is 2. The summed E-state index contributed by atoms with van der Waals surface area (Å²) in [4.78, 5) is 11.5. The predicted molar refractivity (Wildman–Crippen MR) is 63.0 cm³/mol. The first kappa shape index (κ1) is 13.1. The maximum atomic E-state index is 11.5. The number of benzene rings is 1. The third kappa shape index (κ3) is 3.27. The zero-order valence-corrected chi connectivity index (χ0v) is 10.1. The van der Waals surface area contributed by atoms with Crippen LogP contribution >= 0.6 is 23.2 Å². The van der Waals surface area contributed by atoms with Crippen molar-refractivity contribution in [3.05, 3.63) is 27.7 Å². The van der Waals surface area contributed by atoms with Crippen molar-refractivity contribution in [3.63, 3.8) is 0 Å². The van der Waals surface area contributed by atoms with Gasteiger partial charge in [0.15, 0.2) is 0 Å². The number of nitrogen functional groups attached to an aromatic ring is 1. The summed E-state index contributed by atoms with van der Waals surface area (Å²) in [6, 6.07) is 2.83. The topological polar surface area (TPSA) is 61.5 Å². The van der Waals surface area contributed by atoms with Crippen molar-refractivity contribution in [2.75, 3.05) is 26.1 Å². The molecule has 0 spiro atoms. The molecule has 0 unspecified atom stereocenters. The lowest BCUT2D eigenvalue weighted by atomic mass is 10.2. The van der Waals surface area contributed by atoms with Crippen LogP contribution in [0.15, 0.2) is 12.1 Å². The van der Waals surface area contributed by atoms with Crippen molar-refractivity contribution in [3.8, 4) is 0 Å². The number of carbonyl (C=O) groups excluding carboxylic acids is 1. The molecule has 0 heterocycles. The Hall–Kier alpha value is -0.970. The van der Waals surface area contributed by atoms with Crippen LogP contribution in [0.5, 0.6) is 0 Å². The second-order valence-electron chi connectivity index (χ2n) is 2.98. The van der Waals surface area contributed by atoms with Crippen LogP contribution in [0.25, 0.3) is 0 Å². The van der Waals surface area contributed by atoms with Crippen LogP contribution in [0, 0.1) is 0 Å². The molecule has 6 heteroatoms. The van der Waals surface area contributed by atoms with E-state index < -0.39 is 5.97 Å². The number of nitrogens with two attached hydrogens (primary N) is 1. The fraction of sp³-hybridized carbons (Fsp3) is 0.300. The summed E-state index contributed by atoms with van der Waals surface area (Å²) >= 11 is 11.6. The lowest BCUT2D eigenvalue weighted by molar-refractivity contribution is 0.0388. The number of hydrogen-bond donors (Lipinski definition) is 1. The Morgan fingerprint density at radius 2 is 1.88 bits per heavy atom. The highest BCUT2D eigenvalue weighted by Gasteiger charge is 2.12. The van der Waals surface area contributed by atoms with Gasteiger partial charge >= 0.3 is 5.97 Å². The number of hydrogen-bond acceptors (Lipinski definition) is 4. The molecule has 0 aliphatic heterocycles. The Balaban J connectivity index is 2.76. The van der Waals surface area contributed by atoms with Crippen LogP contribution in [0.2, 0.25) is 10.0 Å². The van der Waals surface area contributed by atoms with Crippen LogP contribution < -0.4 is 5.73 Å². The Morgan fingerprint density at radius 3 is 2.38 bits per heavy atom. The zero-order chi connectivity index (χ0) is 12.1. The van der Waals surface area contributed by atoms with Gasteiger partial charge in [-0.2, -0.15) is 0 Å². The van der Waals surface area contributed by atoms with Crippen LogP contribution in [0.4, 0.5) is 5.69 Å². The van der Waals surface area contributed by atoms with Crippen molar-refractivity contribution in [1.82, 2.24) is 0 Å². The van der Waals surface area contributed by atoms with Crippen molar-refractivity contribution in [1.29, 1.82) is 0 Å². The molecule has 0 atom stereocenters. The fourth-order valence-corrected chi connectivity index (χ4v) is 1.49. The third-order valence-electron chi connectivity index (χ3n) is 1.84. The summed E-state index contributed by atoms with van der Waals surface area (Å²) in [5, 5.41) is 0.456. The summed E-state index contributed by atoms with van der Waals surface area (Å²) in [5.74, 6) is -0.513. The third-order valence-corrected chi connectivity index (χ3v) is 2.46. The minimum Gasteiger partial charge on any atom is -0.460 e. The minimum atomic E-state index is -0.513. The molecule has 4 nitrogen and oxygen atoms in total. The number of esters is 1. The van der Waals surface area contributed by atoms with Gasteiger partial charge in [-0.15, -0.1) is 0 Å². The molecule has 16 heavy (non-hydrogen) atoms. The SMILES string of the molecule is COCCOC(=O)c1cc(Cl)c(N)c(Cl)c1. The van der Waals surface area contributed by atoms with Gasteiger partial charge in [0.05, 0.1) is 27.9 Å². The lowest BCUT2D eigenvalue weighted by Crippen LogP contribution is -2.10. The number of rotatable bonds is 4. The molecule has 0 saturated heterocycles. The van der Waals surface area contributed by atoms with Gasteiger partial charge in [-0.1, -0.05) is 23.2 Å². The molecule has 1 rings (SSSR count). The Bertz CT molecular complexity index is 373. The zero-order valence-electron chi connectivity index (χ0n) is 8.63. The summed E-state index contributed by atoms with van der Waals surface area (Å²) in [5.41, 5.74) is 6.05. The molecule has 0 aliphatic rings. The molecule has 0 amide bonds. The Morgan fingerprint density at radius 1 is 1.31 bits per heavy atom. The van der Waals surface area contributed by atoms with Gasteiger partial charge in [0.1, 0.15) is 6.61 Å². The van der Waals surface area contributed by atoms with Crippen molar-refractivity contribution >= 4 is 34.9 Å². The number of methoxy groups -OCH3 is 1. The van der Waals surface area contributed by atoms with Crippen LogP contribution in [-0.2, 0) is 9.47 Å². The van der Waals surface area contributed by atoms with Crippen LogP contribution in [0.3, 0.4) is 0 Å².